The van der Waals surface area contributed by atoms with E-state index in [0.29, 0.717) is 0 Å². The van der Waals surface area contributed by atoms with Crippen molar-refractivity contribution in [3.05, 3.63) is 35.9 Å². The van der Waals surface area contributed by atoms with Gasteiger partial charge in [-0.05, 0) is 0 Å². The maximum Gasteiger partial charge on any atom is 0.202 e. The summed E-state index contributed by atoms with van der Waals surface area (Å²) in [5, 5.41) is 9.34. The molecule has 1 unspecified atom stereocenters. The van der Waals surface area contributed by atoms with Crippen LogP contribution in [0.15, 0.2) is 30.3 Å². The van der Waals surface area contributed by atoms with Crippen molar-refractivity contribution in [1.29, 1.82) is 5.26 Å². The van der Waals surface area contributed by atoms with Crippen LogP contribution in [0.25, 0.3) is 0 Å². The van der Waals surface area contributed by atoms with E-state index >= 15 is 0 Å². The van der Waals surface area contributed by atoms with Crippen molar-refractivity contribution in [3.8, 4) is 6.07 Å². The van der Waals surface area contributed by atoms with Gasteiger partial charge >= 0.3 is 0 Å². The summed E-state index contributed by atoms with van der Waals surface area (Å²) < 4.78 is 0.889. The minimum absolute atomic E-state index is 0.00806. The van der Waals surface area contributed by atoms with Crippen molar-refractivity contribution in [2.45, 2.75) is 18.9 Å². The Labute approximate surface area is 91.3 Å². The first-order valence-electron chi connectivity index (χ1n) is 5.55. The van der Waals surface area contributed by atoms with Gasteiger partial charge in [0.1, 0.15) is 6.07 Å². The molecule has 1 heterocycles. The monoisotopic (exact) mass is 201 g/mol. The molecule has 1 saturated heterocycles. The molecule has 0 aromatic heterocycles. The van der Waals surface area contributed by atoms with Crippen LogP contribution in [-0.2, 0) is 0 Å². The van der Waals surface area contributed by atoms with E-state index in [9.17, 15) is 5.26 Å². The van der Waals surface area contributed by atoms with Crippen LogP contribution in [0.2, 0.25) is 0 Å². The lowest BCUT2D eigenvalue weighted by Gasteiger charge is -2.33. The summed E-state index contributed by atoms with van der Waals surface area (Å²) in [4.78, 5) is 0. The van der Waals surface area contributed by atoms with Crippen molar-refractivity contribution in [2.75, 3.05) is 20.1 Å². The van der Waals surface area contributed by atoms with Gasteiger partial charge in [0.15, 0.2) is 0 Å². The fourth-order valence-electron chi connectivity index (χ4n) is 2.53. The highest BCUT2D eigenvalue weighted by Crippen LogP contribution is 2.31. The normalized spacial score (nSPS) is 20.8. The van der Waals surface area contributed by atoms with Crippen LogP contribution >= 0.6 is 0 Å². The molecule has 0 aliphatic carbocycles. The fourth-order valence-corrected chi connectivity index (χ4v) is 2.53. The van der Waals surface area contributed by atoms with Gasteiger partial charge in [0.05, 0.1) is 20.1 Å². The van der Waals surface area contributed by atoms with E-state index in [2.05, 4.69) is 25.2 Å². The lowest BCUT2D eigenvalue weighted by atomic mass is 10.1. The molecule has 0 spiro atoms. The van der Waals surface area contributed by atoms with Crippen molar-refractivity contribution in [3.63, 3.8) is 0 Å². The van der Waals surface area contributed by atoms with Crippen molar-refractivity contribution in [2.24, 2.45) is 0 Å². The third kappa shape index (κ3) is 1.88. The molecule has 2 rings (SSSR count). The predicted octanol–water partition coefficient (Wildman–Crippen LogP) is 2.49. The van der Waals surface area contributed by atoms with Crippen LogP contribution in [0.3, 0.4) is 0 Å². The average molecular weight is 201 g/mol. The van der Waals surface area contributed by atoms with Crippen LogP contribution in [0.5, 0.6) is 0 Å². The Balaban J connectivity index is 2.29. The number of rotatable bonds is 2. The third-order valence-electron chi connectivity index (χ3n) is 3.45. The van der Waals surface area contributed by atoms with Gasteiger partial charge < -0.3 is 4.48 Å². The smallest absolute Gasteiger partial charge is 0.202 e. The topological polar surface area (TPSA) is 23.8 Å². The first-order valence-corrected chi connectivity index (χ1v) is 5.55. The fraction of sp³-hybridized carbons (Fsp3) is 0.462. The molecule has 1 aromatic rings. The molecule has 1 aromatic carbocycles. The molecular formula is C13H17N2+. The number of benzene rings is 1. The second-order valence-electron chi connectivity index (χ2n) is 4.58. The van der Waals surface area contributed by atoms with Crippen molar-refractivity contribution < 1.29 is 4.48 Å². The van der Waals surface area contributed by atoms with E-state index in [0.717, 1.165) is 23.1 Å². The van der Waals surface area contributed by atoms with Crippen LogP contribution in [-0.4, -0.2) is 24.6 Å². The summed E-state index contributed by atoms with van der Waals surface area (Å²) in [6.07, 6.45) is 2.50. The summed E-state index contributed by atoms with van der Waals surface area (Å²) in [6, 6.07) is 12.6. The van der Waals surface area contributed by atoms with Crippen molar-refractivity contribution in [1.82, 2.24) is 0 Å². The van der Waals surface area contributed by atoms with Gasteiger partial charge in [-0.2, -0.15) is 5.26 Å². The Morgan fingerprint density at radius 2 is 1.80 bits per heavy atom. The summed E-state index contributed by atoms with van der Waals surface area (Å²) in [6.45, 7) is 2.26. The Bertz CT molecular complexity index is 358. The molecule has 0 bridgehead atoms. The Hall–Kier alpha value is -1.33. The van der Waals surface area contributed by atoms with Gasteiger partial charge in [-0.3, -0.25) is 0 Å². The van der Waals surface area contributed by atoms with Gasteiger partial charge in [-0.25, -0.2) is 0 Å². The molecule has 0 amide bonds. The minimum Gasteiger partial charge on any atom is -0.308 e. The average Bonchev–Trinajstić information content (AvgIpc) is 2.68. The molecular weight excluding hydrogens is 184 g/mol. The van der Waals surface area contributed by atoms with Crippen LogP contribution < -0.4 is 0 Å². The number of hydrogen-bond acceptors (Lipinski definition) is 1. The van der Waals surface area contributed by atoms with Gasteiger partial charge in [-0.15, -0.1) is 0 Å². The molecule has 15 heavy (non-hydrogen) atoms. The highest BCUT2D eigenvalue weighted by atomic mass is 15.4. The number of nitrogens with zero attached hydrogens (tertiary/aromatic N) is 2. The molecule has 1 aliphatic rings. The maximum atomic E-state index is 9.34. The van der Waals surface area contributed by atoms with E-state index in [1.54, 1.807) is 0 Å². The van der Waals surface area contributed by atoms with E-state index in [1.807, 2.05) is 18.2 Å². The highest BCUT2D eigenvalue weighted by molar-refractivity contribution is 5.22. The molecule has 1 fully saturated rings. The van der Waals surface area contributed by atoms with E-state index in [4.69, 9.17) is 0 Å². The van der Waals surface area contributed by atoms with E-state index in [-0.39, 0.29) is 6.04 Å². The zero-order valence-electron chi connectivity index (χ0n) is 9.19. The molecule has 0 saturated carbocycles. The summed E-state index contributed by atoms with van der Waals surface area (Å²) in [7, 11) is 2.20. The minimum atomic E-state index is 0.00806. The predicted molar refractivity (Wildman–Crippen MR) is 59.9 cm³/mol. The van der Waals surface area contributed by atoms with E-state index in [1.165, 1.54) is 12.8 Å². The first-order chi connectivity index (χ1) is 7.26. The van der Waals surface area contributed by atoms with Gasteiger partial charge in [0.2, 0.25) is 6.04 Å². The van der Waals surface area contributed by atoms with Crippen LogP contribution in [0, 0.1) is 11.3 Å². The highest BCUT2D eigenvalue weighted by Gasteiger charge is 2.36. The summed E-state index contributed by atoms with van der Waals surface area (Å²) in [5.41, 5.74) is 1.16. The number of nitriles is 1. The Kier molecular flexibility index (Phi) is 2.75. The zero-order chi connectivity index (χ0) is 10.7. The first kappa shape index (κ1) is 10.2. The molecule has 2 nitrogen and oxygen atoms in total. The quantitative estimate of drug-likeness (QED) is 0.674. The third-order valence-corrected chi connectivity index (χ3v) is 3.45. The molecule has 78 valence electrons. The van der Waals surface area contributed by atoms with Crippen LogP contribution in [0.4, 0.5) is 0 Å². The molecule has 2 heteroatoms. The van der Waals surface area contributed by atoms with Gasteiger partial charge in [-0.1, -0.05) is 30.3 Å². The molecule has 0 N–H and O–H groups in total. The van der Waals surface area contributed by atoms with Gasteiger partial charge in [0, 0.05) is 18.4 Å². The SMILES string of the molecule is C[N+]1(C(C#N)c2ccccc2)CCCC1. The Morgan fingerprint density at radius 1 is 1.20 bits per heavy atom. The number of likely N-dealkylation sites (tertiary alicyclic amines) is 1. The standard InChI is InChI=1S/C13H17N2/c1-15(9-5-6-10-15)13(11-14)12-7-3-2-4-8-12/h2-4,7-8,13H,5-6,9-10H2,1H3/q+1. The Morgan fingerprint density at radius 3 is 2.33 bits per heavy atom. The van der Waals surface area contributed by atoms with Crippen LogP contribution in [0.1, 0.15) is 24.4 Å². The number of quaternary nitrogens is 1. The maximum absolute atomic E-state index is 9.34. The second-order valence-corrected chi connectivity index (χ2v) is 4.58. The summed E-state index contributed by atoms with van der Waals surface area (Å²) >= 11 is 0. The van der Waals surface area contributed by atoms with Crippen molar-refractivity contribution >= 4 is 0 Å². The summed E-state index contributed by atoms with van der Waals surface area (Å²) in [5.74, 6) is 0. The lowest BCUT2D eigenvalue weighted by molar-refractivity contribution is -0.920. The van der Waals surface area contributed by atoms with Gasteiger partial charge in [0.25, 0.3) is 0 Å². The molecule has 1 aliphatic heterocycles. The van der Waals surface area contributed by atoms with E-state index < -0.39 is 0 Å². The molecule has 0 radical (unpaired) electrons. The molecule has 1 atom stereocenters. The second kappa shape index (κ2) is 4.04. The lowest BCUT2D eigenvalue weighted by Crippen LogP contribution is -2.43. The number of hydrogen-bond donors (Lipinski definition) is 0. The largest absolute Gasteiger partial charge is 0.308 e. The zero-order valence-corrected chi connectivity index (χ0v) is 9.19.